The lowest BCUT2D eigenvalue weighted by molar-refractivity contribution is -0.384. The molecule has 4 nitrogen and oxygen atoms in total. The third kappa shape index (κ3) is 3.68. The molecule has 19 heavy (non-hydrogen) atoms. The summed E-state index contributed by atoms with van der Waals surface area (Å²) in [6.07, 6.45) is 0. The molecule has 2 aromatic rings. The van der Waals surface area contributed by atoms with E-state index in [1.165, 1.54) is 12.1 Å². The summed E-state index contributed by atoms with van der Waals surface area (Å²) in [5.74, 6) is 0. The molecule has 0 aliphatic rings. The van der Waals surface area contributed by atoms with Gasteiger partial charge in [0.05, 0.1) is 9.95 Å². The summed E-state index contributed by atoms with van der Waals surface area (Å²) in [5.41, 5.74) is 1.94. The number of non-ortho nitro benzene ring substituents is 1. The molecule has 2 rings (SSSR count). The molecule has 0 amide bonds. The van der Waals surface area contributed by atoms with Crippen LogP contribution in [0.5, 0.6) is 0 Å². The lowest BCUT2D eigenvalue weighted by Crippen LogP contribution is -1.99. The lowest BCUT2D eigenvalue weighted by Gasteiger charge is -2.07. The van der Waals surface area contributed by atoms with Crippen LogP contribution in [0, 0.1) is 10.1 Å². The zero-order chi connectivity index (χ0) is 13.8. The van der Waals surface area contributed by atoms with Gasteiger partial charge in [0.1, 0.15) is 0 Å². The van der Waals surface area contributed by atoms with Gasteiger partial charge in [-0.15, -0.1) is 0 Å². The second-order valence-corrected chi connectivity index (χ2v) is 5.17. The van der Waals surface area contributed by atoms with Gasteiger partial charge in [0.2, 0.25) is 0 Å². The van der Waals surface area contributed by atoms with E-state index in [1.807, 2.05) is 18.2 Å². The van der Waals surface area contributed by atoms with Crippen molar-refractivity contribution in [2.75, 3.05) is 5.32 Å². The number of benzene rings is 2. The molecule has 0 unspecified atom stereocenters. The predicted octanol–water partition coefficient (Wildman–Crippen LogP) is 4.62. The number of nitrogens with one attached hydrogen (secondary N) is 1. The van der Waals surface area contributed by atoms with Gasteiger partial charge in [-0.3, -0.25) is 10.1 Å². The molecule has 0 aliphatic carbocycles. The molecule has 0 saturated heterocycles. The lowest BCUT2D eigenvalue weighted by atomic mass is 10.2. The quantitative estimate of drug-likeness (QED) is 0.652. The third-order valence-corrected chi connectivity index (χ3v) is 3.79. The SMILES string of the molecule is O=[N+]([O-])c1ccc(NCc2ccc(Br)c(Cl)c2)cc1. The van der Waals surface area contributed by atoms with Crippen LogP contribution in [0.3, 0.4) is 0 Å². The maximum absolute atomic E-state index is 10.5. The van der Waals surface area contributed by atoms with Crippen LogP contribution in [0.4, 0.5) is 11.4 Å². The minimum absolute atomic E-state index is 0.0808. The van der Waals surface area contributed by atoms with Crippen LogP contribution < -0.4 is 5.32 Å². The molecule has 0 bridgehead atoms. The molecule has 2 aromatic carbocycles. The van der Waals surface area contributed by atoms with E-state index in [0.717, 1.165) is 15.7 Å². The summed E-state index contributed by atoms with van der Waals surface area (Å²) in [6.45, 7) is 0.602. The van der Waals surface area contributed by atoms with E-state index >= 15 is 0 Å². The summed E-state index contributed by atoms with van der Waals surface area (Å²) in [5, 5.41) is 14.4. The van der Waals surface area contributed by atoms with Crippen LogP contribution in [-0.4, -0.2) is 4.92 Å². The van der Waals surface area contributed by atoms with E-state index in [4.69, 9.17) is 11.6 Å². The van der Waals surface area contributed by atoms with Gasteiger partial charge in [0.25, 0.3) is 5.69 Å². The van der Waals surface area contributed by atoms with Gasteiger partial charge < -0.3 is 5.32 Å². The van der Waals surface area contributed by atoms with E-state index in [1.54, 1.807) is 12.1 Å². The molecule has 1 N–H and O–H groups in total. The molecule has 0 radical (unpaired) electrons. The fourth-order valence-electron chi connectivity index (χ4n) is 1.55. The zero-order valence-electron chi connectivity index (χ0n) is 9.77. The van der Waals surface area contributed by atoms with Crippen LogP contribution in [0.2, 0.25) is 5.02 Å². The molecule has 0 spiro atoms. The first-order valence-corrected chi connectivity index (χ1v) is 6.65. The minimum Gasteiger partial charge on any atom is -0.381 e. The molecule has 0 aliphatic heterocycles. The van der Waals surface area contributed by atoms with Crippen molar-refractivity contribution in [2.45, 2.75) is 6.54 Å². The Morgan fingerprint density at radius 1 is 1.21 bits per heavy atom. The minimum atomic E-state index is -0.418. The van der Waals surface area contributed by atoms with E-state index in [2.05, 4.69) is 21.2 Å². The summed E-state index contributed by atoms with van der Waals surface area (Å²) in [4.78, 5) is 10.1. The number of nitro benzene ring substituents is 1. The maximum Gasteiger partial charge on any atom is 0.269 e. The smallest absolute Gasteiger partial charge is 0.269 e. The number of hydrogen-bond donors (Lipinski definition) is 1. The first kappa shape index (κ1) is 13.8. The van der Waals surface area contributed by atoms with Crippen LogP contribution in [-0.2, 0) is 6.54 Å². The van der Waals surface area contributed by atoms with Gasteiger partial charge in [-0.2, -0.15) is 0 Å². The van der Waals surface area contributed by atoms with Crippen molar-refractivity contribution in [3.8, 4) is 0 Å². The predicted molar refractivity (Wildman–Crippen MR) is 79.6 cm³/mol. The summed E-state index contributed by atoms with van der Waals surface area (Å²) >= 11 is 9.33. The van der Waals surface area contributed by atoms with Crippen molar-refractivity contribution in [3.05, 3.63) is 67.6 Å². The molecule has 98 valence electrons. The van der Waals surface area contributed by atoms with Gasteiger partial charge >= 0.3 is 0 Å². The largest absolute Gasteiger partial charge is 0.381 e. The highest BCUT2D eigenvalue weighted by atomic mass is 79.9. The third-order valence-electron chi connectivity index (χ3n) is 2.56. The number of nitrogens with zero attached hydrogens (tertiary/aromatic N) is 1. The Morgan fingerprint density at radius 2 is 1.89 bits per heavy atom. The monoisotopic (exact) mass is 340 g/mol. The molecular weight excluding hydrogens is 332 g/mol. The van der Waals surface area contributed by atoms with Crippen molar-refractivity contribution >= 4 is 38.9 Å². The Morgan fingerprint density at radius 3 is 2.47 bits per heavy atom. The molecule has 0 saturated carbocycles. The normalized spacial score (nSPS) is 10.2. The molecular formula is C13H10BrClN2O2. The summed E-state index contributed by atoms with van der Waals surface area (Å²) < 4.78 is 0.855. The fraction of sp³-hybridized carbons (Fsp3) is 0.0769. The zero-order valence-corrected chi connectivity index (χ0v) is 12.1. The average molecular weight is 342 g/mol. The number of anilines is 1. The second-order valence-electron chi connectivity index (χ2n) is 3.91. The second kappa shape index (κ2) is 6.04. The van der Waals surface area contributed by atoms with Crippen molar-refractivity contribution in [3.63, 3.8) is 0 Å². The van der Waals surface area contributed by atoms with Crippen molar-refractivity contribution in [1.29, 1.82) is 0 Å². The average Bonchev–Trinajstić information content (AvgIpc) is 2.40. The highest BCUT2D eigenvalue weighted by Gasteiger charge is 2.04. The number of halogens is 2. The number of rotatable bonds is 4. The Balaban J connectivity index is 2.01. The Hall–Kier alpha value is -1.59. The summed E-state index contributed by atoms with van der Waals surface area (Å²) in [7, 11) is 0. The van der Waals surface area contributed by atoms with E-state index < -0.39 is 4.92 Å². The van der Waals surface area contributed by atoms with Crippen molar-refractivity contribution < 1.29 is 4.92 Å². The highest BCUT2D eigenvalue weighted by Crippen LogP contribution is 2.24. The van der Waals surface area contributed by atoms with Gasteiger partial charge in [-0.25, -0.2) is 0 Å². The topological polar surface area (TPSA) is 55.2 Å². The van der Waals surface area contributed by atoms with Gasteiger partial charge in [-0.05, 0) is 45.8 Å². The molecule has 0 heterocycles. The van der Waals surface area contributed by atoms with E-state index in [9.17, 15) is 10.1 Å². The molecule has 0 atom stereocenters. The van der Waals surface area contributed by atoms with Gasteiger partial charge in [-0.1, -0.05) is 17.7 Å². The maximum atomic E-state index is 10.5. The fourth-order valence-corrected chi connectivity index (χ4v) is 2.00. The summed E-state index contributed by atoms with van der Waals surface area (Å²) in [6, 6.07) is 12.0. The molecule has 6 heteroatoms. The number of nitro groups is 1. The first-order chi connectivity index (χ1) is 9.06. The van der Waals surface area contributed by atoms with Gasteiger partial charge in [0.15, 0.2) is 0 Å². The Labute approximate surface area is 123 Å². The Kier molecular flexibility index (Phi) is 4.39. The Bertz CT molecular complexity index is 602. The van der Waals surface area contributed by atoms with Crippen LogP contribution in [0.25, 0.3) is 0 Å². The van der Waals surface area contributed by atoms with Crippen LogP contribution >= 0.6 is 27.5 Å². The highest BCUT2D eigenvalue weighted by molar-refractivity contribution is 9.10. The standard InChI is InChI=1S/C13H10BrClN2O2/c14-12-6-1-9(7-13(12)15)8-16-10-2-4-11(5-3-10)17(18)19/h1-7,16H,8H2. The molecule has 0 aromatic heterocycles. The first-order valence-electron chi connectivity index (χ1n) is 5.48. The number of hydrogen-bond acceptors (Lipinski definition) is 3. The van der Waals surface area contributed by atoms with Crippen LogP contribution in [0.15, 0.2) is 46.9 Å². The van der Waals surface area contributed by atoms with E-state index in [-0.39, 0.29) is 5.69 Å². The van der Waals surface area contributed by atoms with Crippen molar-refractivity contribution in [1.82, 2.24) is 0 Å². The molecule has 0 fully saturated rings. The van der Waals surface area contributed by atoms with Crippen LogP contribution in [0.1, 0.15) is 5.56 Å². The van der Waals surface area contributed by atoms with Gasteiger partial charge in [0, 0.05) is 28.8 Å². The van der Waals surface area contributed by atoms with E-state index in [0.29, 0.717) is 11.6 Å². The van der Waals surface area contributed by atoms with Crippen molar-refractivity contribution in [2.24, 2.45) is 0 Å².